The van der Waals surface area contributed by atoms with Crippen LogP contribution < -0.4 is 4.72 Å². The SMILES string of the molecule is CCCCN(C)S(=O)(=O)NC(c1ncc[nH]1)C(C)C. The van der Waals surface area contributed by atoms with Gasteiger partial charge in [-0.2, -0.15) is 17.4 Å². The number of aromatic amines is 1. The van der Waals surface area contributed by atoms with Crippen LogP contribution in [0.15, 0.2) is 12.4 Å². The molecule has 1 rings (SSSR count). The van der Waals surface area contributed by atoms with E-state index in [-0.39, 0.29) is 12.0 Å². The first-order valence-corrected chi connectivity index (χ1v) is 8.05. The second kappa shape index (κ2) is 7.02. The van der Waals surface area contributed by atoms with Gasteiger partial charge in [0.1, 0.15) is 5.82 Å². The molecule has 0 bridgehead atoms. The lowest BCUT2D eigenvalue weighted by molar-refractivity contribution is 0.405. The van der Waals surface area contributed by atoms with Gasteiger partial charge in [-0.3, -0.25) is 0 Å². The predicted octanol–water partition coefficient (Wildman–Crippen LogP) is 1.67. The summed E-state index contributed by atoms with van der Waals surface area (Å²) in [5.41, 5.74) is 0. The first kappa shape index (κ1) is 16.1. The molecule has 0 aliphatic heterocycles. The van der Waals surface area contributed by atoms with Gasteiger partial charge in [-0.25, -0.2) is 4.98 Å². The Labute approximate surface area is 115 Å². The number of unbranched alkanes of at least 4 members (excludes halogenated alkanes) is 1. The maximum Gasteiger partial charge on any atom is 0.279 e. The highest BCUT2D eigenvalue weighted by Gasteiger charge is 2.26. The van der Waals surface area contributed by atoms with Gasteiger partial charge in [-0.05, 0) is 12.3 Å². The Kier molecular flexibility index (Phi) is 5.96. The molecule has 0 amide bonds. The second-order valence-corrected chi connectivity index (χ2v) is 6.80. The molecule has 1 heterocycles. The minimum absolute atomic E-state index is 0.112. The summed E-state index contributed by atoms with van der Waals surface area (Å²) >= 11 is 0. The van der Waals surface area contributed by atoms with Gasteiger partial charge in [0, 0.05) is 26.0 Å². The molecule has 1 aromatic heterocycles. The molecule has 1 aromatic rings. The largest absolute Gasteiger partial charge is 0.347 e. The fourth-order valence-corrected chi connectivity index (χ4v) is 2.96. The van der Waals surface area contributed by atoms with Crippen molar-refractivity contribution in [2.75, 3.05) is 13.6 Å². The average Bonchev–Trinajstić information content (AvgIpc) is 2.86. The summed E-state index contributed by atoms with van der Waals surface area (Å²) in [7, 11) is -1.88. The van der Waals surface area contributed by atoms with Gasteiger partial charge in [0.05, 0.1) is 6.04 Å². The molecule has 2 N–H and O–H groups in total. The Balaban J connectivity index is 2.79. The number of hydrogen-bond acceptors (Lipinski definition) is 3. The van der Waals surface area contributed by atoms with Crippen LogP contribution in [0, 0.1) is 5.92 Å². The number of hydrogen-bond donors (Lipinski definition) is 2. The molecule has 7 heteroatoms. The summed E-state index contributed by atoms with van der Waals surface area (Å²) in [5, 5.41) is 0. The molecule has 0 spiro atoms. The zero-order chi connectivity index (χ0) is 14.5. The number of aromatic nitrogens is 2. The fraction of sp³-hybridized carbons (Fsp3) is 0.750. The maximum absolute atomic E-state index is 12.2. The van der Waals surface area contributed by atoms with Crippen molar-refractivity contribution >= 4 is 10.2 Å². The fourth-order valence-electron chi connectivity index (χ4n) is 1.71. The highest BCUT2D eigenvalue weighted by atomic mass is 32.2. The molecular weight excluding hydrogens is 264 g/mol. The van der Waals surface area contributed by atoms with Crippen molar-refractivity contribution in [1.82, 2.24) is 19.0 Å². The van der Waals surface area contributed by atoms with E-state index in [4.69, 9.17) is 0 Å². The molecule has 0 saturated heterocycles. The van der Waals surface area contributed by atoms with Crippen LogP contribution in [0.2, 0.25) is 0 Å². The summed E-state index contributed by atoms with van der Waals surface area (Å²) in [6, 6.07) is -0.343. The smallest absolute Gasteiger partial charge is 0.279 e. The number of nitrogens with one attached hydrogen (secondary N) is 2. The lowest BCUT2D eigenvalue weighted by atomic mass is 10.1. The summed E-state index contributed by atoms with van der Waals surface area (Å²) < 4.78 is 28.5. The molecule has 0 radical (unpaired) electrons. The summed E-state index contributed by atoms with van der Waals surface area (Å²) in [4.78, 5) is 7.11. The van der Waals surface area contributed by atoms with Crippen molar-refractivity contribution in [1.29, 1.82) is 0 Å². The van der Waals surface area contributed by atoms with E-state index in [2.05, 4.69) is 14.7 Å². The Morgan fingerprint density at radius 2 is 2.16 bits per heavy atom. The van der Waals surface area contributed by atoms with E-state index in [1.165, 1.54) is 4.31 Å². The molecule has 1 atom stereocenters. The van der Waals surface area contributed by atoms with Gasteiger partial charge >= 0.3 is 0 Å². The molecule has 6 nitrogen and oxygen atoms in total. The highest BCUT2D eigenvalue weighted by Crippen LogP contribution is 2.19. The van der Waals surface area contributed by atoms with E-state index in [0.29, 0.717) is 12.4 Å². The molecule has 0 fully saturated rings. The van der Waals surface area contributed by atoms with E-state index < -0.39 is 10.2 Å². The molecule has 110 valence electrons. The van der Waals surface area contributed by atoms with Gasteiger partial charge in [-0.15, -0.1) is 0 Å². The van der Waals surface area contributed by atoms with Gasteiger partial charge in [0.15, 0.2) is 0 Å². The highest BCUT2D eigenvalue weighted by molar-refractivity contribution is 7.87. The number of nitrogens with zero attached hydrogens (tertiary/aromatic N) is 2. The lowest BCUT2D eigenvalue weighted by Gasteiger charge is -2.24. The van der Waals surface area contributed by atoms with E-state index in [1.54, 1.807) is 19.4 Å². The first-order valence-electron chi connectivity index (χ1n) is 6.61. The minimum atomic E-state index is -3.48. The zero-order valence-corrected chi connectivity index (χ0v) is 12.9. The van der Waals surface area contributed by atoms with Crippen LogP contribution in [0.4, 0.5) is 0 Å². The van der Waals surface area contributed by atoms with Gasteiger partial charge in [0.2, 0.25) is 0 Å². The number of imidazole rings is 1. The van der Waals surface area contributed by atoms with E-state index in [0.717, 1.165) is 12.8 Å². The number of H-pyrrole nitrogens is 1. The normalized spacial score (nSPS) is 14.2. The average molecular weight is 288 g/mol. The third-order valence-electron chi connectivity index (χ3n) is 2.99. The third kappa shape index (κ3) is 4.59. The summed E-state index contributed by atoms with van der Waals surface area (Å²) in [6.45, 7) is 6.48. The van der Waals surface area contributed by atoms with Crippen LogP contribution in [0.3, 0.4) is 0 Å². The molecule has 0 aliphatic carbocycles. The van der Waals surface area contributed by atoms with Crippen molar-refractivity contribution in [2.45, 2.75) is 39.7 Å². The van der Waals surface area contributed by atoms with Gasteiger partial charge in [0.25, 0.3) is 10.2 Å². The van der Waals surface area contributed by atoms with Crippen LogP contribution in [0.1, 0.15) is 45.5 Å². The lowest BCUT2D eigenvalue weighted by Crippen LogP contribution is -2.42. The molecule has 0 aromatic carbocycles. The van der Waals surface area contributed by atoms with Gasteiger partial charge < -0.3 is 4.98 Å². The predicted molar refractivity (Wildman–Crippen MR) is 75.8 cm³/mol. The van der Waals surface area contributed by atoms with Crippen molar-refractivity contribution in [3.8, 4) is 0 Å². The summed E-state index contributed by atoms with van der Waals surface area (Å²) in [6.07, 6.45) is 5.13. The molecule has 19 heavy (non-hydrogen) atoms. The molecule has 0 saturated carbocycles. The molecule has 1 unspecified atom stereocenters. The standard InChI is InChI=1S/C12H24N4O2S/c1-5-6-9-16(4)19(17,18)15-11(10(2)3)12-13-7-8-14-12/h7-8,10-11,15H,5-6,9H2,1-4H3,(H,13,14). The summed E-state index contributed by atoms with van der Waals surface area (Å²) in [5.74, 6) is 0.753. The first-order chi connectivity index (χ1) is 8.88. The second-order valence-electron chi connectivity index (χ2n) is 4.99. The van der Waals surface area contributed by atoms with Crippen LogP contribution in [0.5, 0.6) is 0 Å². The van der Waals surface area contributed by atoms with Crippen LogP contribution in [-0.2, 0) is 10.2 Å². The Morgan fingerprint density at radius 3 is 2.63 bits per heavy atom. The van der Waals surface area contributed by atoms with Crippen molar-refractivity contribution < 1.29 is 8.42 Å². The van der Waals surface area contributed by atoms with E-state index in [9.17, 15) is 8.42 Å². The molecule has 0 aliphatic rings. The van der Waals surface area contributed by atoms with Gasteiger partial charge in [-0.1, -0.05) is 27.2 Å². The van der Waals surface area contributed by atoms with E-state index in [1.807, 2.05) is 20.8 Å². The van der Waals surface area contributed by atoms with Crippen molar-refractivity contribution in [3.05, 3.63) is 18.2 Å². The maximum atomic E-state index is 12.2. The van der Waals surface area contributed by atoms with Crippen molar-refractivity contribution in [3.63, 3.8) is 0 Å². The Hall–Kier alpha value is -0.920. The van der Waals surface area contributed by atoms with Crippen LogP contribution in [-0.4, -0.2) is 36.3 Å². The van der Waals surface area contributed by atoms with E-state index >= 15 is 0 Å². The quantitative estimate of drug-likeness (QED) is 0.764. The monoisotopic (exact) mass is 288 g/mol. The topological polar surface area (TPSA) is 78.1 Å². The van der Waals surface area contributed by atoms with Crippen molar-refractivity contribution in [2.24, 2.45) is 5.92 Å². The number of rotatable bonds is 8. The zero-order valence-electron chi connectivity index (χ0n) is 12.0. The van der Waals surface area contributed by atoms with Crippen LogP contribution >= 0.6 is 0 Å². The Morgan fingerprint density at radius 1 is 1.47 bits per heavy atom. The molecular formula is C12H24N4O2S. The minimum Gasteiger partial charge on any atom is -0.347 e. The third-order valence-corrected chi connectivity index (χ3v) is 4.55. The van der Waals surface area contributed by atoms with Crippen LogP contribution in [0.25, 0.3) is 0 Å². The Bertz CT molecular complexity index is 456.